The topological polar surface area (TPSA) is 17.8 Å². The van der Waals surface area contributed by atoms with Gasteiger partial charge in [0, 0.05) is 18.1 Å². The van der Waals surface area contributed by atoms with Gasteiger partial charge in [-0.2, -0.15) is 5.10 Å². The second kappa shape index (κ2) is 4.35. The molecule has 2 unspecified atom stereocenters. The van der Waals surface area contributed by atoms with Gasteiger partial charge in [-0.1, -0.05) is 6.42 Å². The molecule has 1 saturated carbocycles. The number of aromatic nitrogens is 2. The van der Waals surface area contributed by atoms with E-state index in [0.29, 0.717) is 11.3 Å². The lowest BCUT2D eigenvalue weighted by Gasteiger charge is -2.24. The fourth-order valence-corrected chi connectivity index (χ4v) is 2.57. The lowest BCUT2D eigenvalue weighted by molar-refractivity contribution is 0.449. The monoisotopic (exact) mass is 212 g/mol. The highest BCUT2D eigenvalue weighted by Gasteiger charge is 2.22. The number of alkyl halides is 1. The molecule has 1 aliphatic rings. The van der Waals surface area contributed by atoms with Crippen molar-refractivity contribution in [3.63, 3.8) is 0 Å². The van der Waals surface area contributed by atoms with Crippen molar-refractivity contribution in [1.29, 1.82) is 0 Å². The van der Waals surface area contributed by atoms with Gasteiger partial charge in [0.05, 0.1) is 6.20 Å². The van der Waals surface area contributed by atoms with Gasteiger partial charge in [0.15, 0.2) is 0 Å². The zero-order chi connectivity index (χ0) is 9.97. The average Bonchev–Trinajstić information content (AvgIpc) is 2.66. The third kappa shape index (κ3) is 2.11. The molecule has 78 valence electrons. The molecule has 2 atom stereocenters. The van der Waals surface area contributed by atoms with E-state index >= 15 is 0 Å². The van der Waals surface area contributed by atoms with E-state index in [1.165, 1.54) is 24.8 Å². The molecule has 0 N–H and O–H groups in total. The Morgan fingerprint density at radius 3 is 3.07 bits per heavy atom. The van der Waals surface area contributed by atoms with Crippen LogP contribution in [-0.2, 0) is 6.54 Å². The van der Waals surface area contributed by atoms with E-state index in [-0.39, 0.29) is 0 Å². The summed E-state index contributed by atoms with van der Waals surface area (Å²) in [6.07, 6.45) is 9.01. The van der Waals surface area contributed by atoms with Crippen molar-refractivity contribution in [3.8, 4) is 0 Å². The smallest absolute Gasteiger partial charge is 0.0524 e. The summed E-state index contributed by atoms with van der Waals surface area (Å²) in [6.45, 7) is 3.07. The molecule has 0 spiro atoms. The first-order valence-corrected chi connectivity index (χ1v) is 5.89. The Labute approximate surface area is 90.3 Å². The Morgan fingerprint density at radius 1 is 1.57 bits per heavy atom. The molecule has 2 nitrogen and oxygen atoms in total. The van der Waals surface area contributed by atoms with Crippen molar-refractivity contribution in [3.05, 3.63) is 18.0 Å². The molecule has 1 aliphatic carbocycles. The molecule has 0 aliphatic heterocycles. The molecule has 0 aromatic carbocycles. The summed E-state index contributed by atoms with van der Waals surface area (Å²) in [5, 5.41) is 4.68. The molecule has 1 aromatic rings. The number of hydrogen-bond donors (Lipinski definition) is 0. The van der Waals surface area contributed by atoms with Crippen LogP contribution in [0.5, 0.6) is 0 Å². The van der Waals surface area contributed by atoms with Crippen LogP contribution in [0.25, 0.3) is 0 Å². The minimum absolute atomic E-state index is 0.374. The Kier molecular flexibility index (Phi) is 3.12. The molecule has 3 heteroatoms. The summed E-state index contributed by atoms with van der Waals surface area (Å²) in [5.41, 5.74) is 1.37. The second-order valence-corrected chi connectivity index (χ2v) is 4.71. The van der Waals surface area contributed by atoms with Crippen molar-refractivity contribution in [2.24, 2.45) is 0 Å². The first-order chi connectivity index (χ1) is 6.79. The van der Waals surface area contributed by atoms with Crippen LogP contribution in [0.15, 0.2) is 12.4 Å². The van der Waals surface area contributed by atoms with E-state index in [1.807, 2.05) is 10.9 Å². The van der Waals surface area contributed by atoms with Gasteiger partial charge >= 0.3 is 0 Å². The normalized spacial score (nSPS) is 27.9. The molecule has 0 saturated heterocycles. The van der Waals surface area contributed by atoms with Crippen LogP contribution < -0.4 is 0 Å². The van der Waals surface area contributed by atoms with Gasteiger partial charge in [0.1, 0.15) is 0 Å². The van der Waals surface area contributed by atoms with E-state index in [1.54, 1.807) is 0 Å². The molecule has 2 rings (SSSR count). The summed E-state index contributed by atoms with van der Waals surface area (Å²) in [5.74, 6) is 0.645. The average molecular weight is 213 g/mol. The van der Waals surface area contributed by atoms with Crippen LogP contribution in [0.2, 0.25) is 0 Å². The van der Waals surface area contributed by atoms with Crippen molar-refractivity contribution in [2.75, 3.05) is 0 Å². The van der Waals surface area contributed by atoms with Crippen LogP contribution in [0.3, 0.4) is 0 Å². The maximum Gasteiger partial charge on any atom is 0.0524 e. The zero-order valence-electron chi connectivity index (χ0n) is 8.62. The molecule has 1 fully saturated rings. The quantitative estimate of drug-likeness (QED) is 0.689. The first kappa shape index (κ1) is 10.0. The predicted octanol–water partition coefficient (Wildman–Crippen LogP) is 3.17. The van der Waals surface area contributed by atoms with Crippen molar-refractivity contribution < 1.29 is 0 Å². The largest absolute Gasteiger partial charge is 0.273 e. The van der Waals surface area contributed by atoms with Gasteiger partial charge < -0.3 is 0 Å². The van der Waals surface area contributed by atoms with E-state index in [0.717, 1.165) is 13.0 Å². The van der Waals surface area contributed by atoms with Crippen LogP contribution in [0.1, 0.15) is 44.1 Å². The van der Waals surface area contributed by atoms with Crippen LogP contribution in [0, 0.1) is 0 Å². The summed E-state index contributed by atoms with van der Waals surface area (Å²) in [7, 11) is 0. The molecule has 0 amide bonds. The summed E-state index contributed by atoms with van der Waals surface area (Å²) >= 11 is 6.17. The summed E-state index contributed by atoms with van der Waals surface area (Å²) < 4.78 is 1.99. The Hall–Kier alpha value is -0.500. The number of aryl methyl sites for hydroxylation is 1. The molecule has 0 bridgehead atoms. The van der Waals surface area contributed by atoms with Crippen molar-refractivity contribution >= 4 is 11.6 Å². The SMILES string of the molecule is CCn1cc(C2CCCC(Cl)C2)cn1. The third-order valence-electron chi connectivity index (χ3n) is 3.06. The number of nitrogens with zero attached hydrogens (tertiary/aromatic N) is 2. The minimum atomic E-state index is 0.374. The van der Waals surface area contributed by atoms with Gasteiger partial charge in [-0.15, -0.1) is 11.6 Å². The molecular weight excluding hydrogens is 196 g/mol. The molecular formula is C11H17ClN2. The Balaban J connectivity index is 2.06. The number of halogens is 1. The second-order valence-electron chi connectivity index (χ2n) is 4.09. The van der Waals surface area contributed by atoms with Gasteiger partial charge in [-0.3, -0.25) is 4.68 Å². The zero-order valence-corrected chi connectivity index (χ0v) is 9.37. The van der Waals surface area contributed by atoms with Gasteiger partial charge in [-0.25, -0.2) is 0 Å². The van der Waals surface area contributed by atoms with Crippen molar-refractivity contribution in [1.82, 2.24) is 9.78 Å². The third-order valence-corrected chi connectivity index (χ3v) is 3.46. The maximum atomic E-state index is 6.17. The summed E-state index contributed by atoms with van der Waals surface area (Å²) in [6, 6.07) is 0. The number of hydrogen-bond acceptors (Lipinski definition) is 1. The van der Waals surface area contributed by atoms with E-state index in [9.17, 15) is 0 Å². The van der Waals surface area contributed by atoms with Gasteiger partial charge in [-0.05, 0) is 37.7 Å². The van der Waals surface area contributed by atoms with Gasteiger partial charge in [0.25, 0.3) is 0 Å². The minimum Gasteiger partial charge on any atom is -0.273 e. The standard InChI is InChI=1S/C11H17ClN2/c1-2-14-8-10(7-13-14)9-4-3-5-11(12)6-9/h7-9,11H,2-6H2,1H3. The van der Waals surface area contributed by atoms with E-state index in [2.05, 4.69) is 18.2 Å². The first-order valence-electron chi connectivity index (χ1n) is 5.46. The van der Waals surface area contributed by atoms with E-state index < -0.39 is 0 Å². The number of rotatable bonds is 2. The van der Waals surface area contributed by atoms with E-state index in [4.69, 9.17) is 11.6 Å². The van der Waals surface area contributed by atoms with Crippen LogP contribution >= 0.6 is 11.6 Å². The highest BCUT2D eigenvalue weighted by molar-refractivity contribution is 6.20. The highest BCUT2D eigenvalue weighted by atomic mass is 35.5. The lowest BCUT2D eigenvalue weighted by Crippen LogP contribution is -2.13. The summed E-state index contributed by atoms with van der Waals surface area (Å²) in [4.78, 5) is 0. The molecule has 0 radical (unpaired) electrons. The lowest BCUT2D eigenvalue weighted by atomic mass is 9.85. The van der Waals surface area contributed by atoms with Gasteiger partial charge in [0.2, 0.25) is 0 Å². The molecule has 14 heavy (non-hydrogen) atoms. The highest BCUT2D eigenvalue weighted by Crippen LogP contribution is 2.34. The van der Waals surface area contributed by atoms with Crippen molar-refractivity contribution in [2.45, 2.75) is 50.4 Å². The maximum absolute atomic E-state index is 6.17. The van der Waals surface area contributed by atoms with Crippen LogP contribution in [-0.4, -0.2) is 15.2 Å². The molecule has 1 aromatic heterocycles. The predicted molar refractivity (Wildman–Crippen MR) is 58.8 cm³/mol. The Morgan fingerprint density at radius 2 is 2.43 bits per heavy atom. The fourth-order valence-electron chi connectivity index (χ4n) is 2.20. The van der Waals surface area contributed by atoms with Crippen LogP contribution in [0.4, 0.5) is 0 Å². The fraction of sp³-hybridized carbons (Fsp3) is 0.727. The molecule has 1 heterocycles. The Bertz CT molecular complexity index is 295.